The number of halogens is 2. The molecule has 1 N–H and O–H groups in total. The topological polar surface area (TPSA) is 64.1 Å². The van der Waals surface area contributed by atoms with Gasteiger partial charge in [0, 0.05) is 17.3 Å². The van der Waals surface area contributed by atoms with E-state index in [1.807, 2.05) is 33.8 Å². The van der Waals surface area contributed by atoms with Crippen LogP contribution >= 0.6 is 34.5 Å². The normalized spacial score (nSPS) is 13.2. The number of amides is 1. The van der Waals surface area contributed by atoms with Crippen LogP contribution in [0.2, 0.25) is 10.4 Å². The van der Waals surface area contributed by atoms with Gasteiger partial charge in [0.2, 0.25) is 5.28 Å². The first-order valence-corrected chi connectivity index (χ1v) is 8.32. The minimum absolute atomic E-state index is 0.0786. The van der Waals surface area contributed by atoms with Gasteiger partial charge in [0.15, 0.2) is 5.15 Å². The molecular formula is C14H17Cl2N3O2S. The van der Waals surface area contributed by atoms with E-state index < -0.39 is 11.7 Å². The molecule has 0 saturated heterocycles. The Morgan fingerprint density at radius 3 is 2.73 bits per heavy atom. The molecule has 0 fully saturated rings. The van der Waals surface area contributed by atoms with E-state index in [2.05, 4.69) is 15.3 Å². The molecular weight excluding hydrogens is 345 g/mol. The van der Waals surface area contributed by atoms with Crippen LogP contribution in [0.25, 0.3) is 10.2 Å². The number of carbonyl (C=O) groups is 1. The van der Waals surface area contributed by atoms with E-state index in [9.17, 15) is 4.79 Å². The lowest BCUT2D eigenvalue weighted by atomic mass is 10.2. The van der Waals surface area contributed by atoms with Gasteiger partial charge < -0.3 is 10.1 Å². The molecule has 22 heavy (non-hydrogen) atoms. The van der Waals surface area contributed by atoms with Crippen molar-refractivity contribution in [3.05, 3.63) is 21.4 Å². The van der Waals surface area contributed by atoms with Crippen molar-refractivity contribution in [1.29, 1.82) is 0 Å². The van der Waals surface area contributed by atoms with E-state index in [1.165, 1.54) is 11.3 Å². The van der Waals surface area contributed by atoms with Gasteiger partial charge in [0.05, 0.1) is 10.2 Å². The molecule has 1 atom stereocenters. The molecule has 0 spiro atoms. The highest BCUT2D eigenvalue weighted by Crippen LogP contribution is 2.31. The predicted octanol–water partition coefficient (Wildman–Crippen LogP) is 4.45. The Balaban J connectivity index is 2.04. The highest BCUT2D eigenvalue weighted by molar-refractivity contribution is 7.19. The molecule has 1 amide bonds. The Hall–Kier alpha value is -1.11. The van der Waals surface area contributed by atoms with Crippen LogP contribution in [-0.4, -0.2) is 27.7 Å². The van der Waals surface area contributed by atoms with Crippen molar-refractivity contribution in [2.45, 2.75) is 45.8 Å². The summed E-state index contributed by atoms with van der Waals surface area (Å²) in [5.41, 5.74) is 0.204. The van der Waals surface area contributed by atoms with Crippen molar-refractivity contribution in [2.24, 2.45) is 0 Å². The number of fused-ring (bicyclic) bond motifs is 1. The lowest BCUT2D eigenvalue weighted by molar-refractivity contribution is 0.0509. The summed E-state index contributed by atoms with van der Waals surface area (Å²) in [5.74, 6) is 0. The maximum absolute atomic E-state index is 11.7. The molecule has 0 aromatic carbocycles. The fourth-order valence-corrected chi connectivity index (χ4v) is 3.50. The summed E-state index contributed by atoms with van der Waals surface area (Å²) in [6.45, 7) is 7.39. The fraction of sp³-hybridized carbons (Fsp3) is 0.500. The van der Waals surface area contributed by atoms with Crippen LogP contribution < -0.4 is 5.32 Å². The van der Waals surface area contributed by atoms with Gasteiger partial charge in [-0.15, -0.1) is 11.3 Å². The van der Waals surface area contributed by atoms with Crippen LogP contribution in [0.1, 0.15) is 32.6 Å². The summed E-state index contributed by atoms with van der Waals surface area (Å²) >= 11 is 13.3. The van der Waals surface area contributed by atoms with Crippen LogP contribution in [0.15, 0.2) is 6.07 Å². The van der Waals surface area contributed by atoms with Crippen molar-refractivity contribution in [3.8, 4) is 0 Å². The summed E-state index contributed by atoms with van der Waals surface area (Å²) in [5, 5.41) is 3.28. The summed E-state index contributed by atoms with van der Waals surface area (Å²) in [6, 6.07) is 1.83. The second-order valence-corrected chi connectivity index (χ2v) is 7.79. The third kappa shape index (κ3) is 4.69. The summed E-state index contributed by atoms with van der Waals surface area (Å²) in [6.07, 6.45) is 0.218. The number of hydrogen-bond acceptors (Lipinski definition) is 5. The number of ether oxygens (including phenoxy) is 1. The Labute approximate surface area is 143 Å². The number of hydrogen-bond donors (Lipinski definition) is 1. The second-order valence-electron chi connectivity index (χ2n) is 5.96. The minimum Gasteiger partial charge on any atom is -0.444 e. The van der Waals surface area contributed by atoms with Crippen LogP contribution in [0, 0.1) is 0 Å². The molecule has 1 unspecified atom stereocenters. The lowest BCUT2D eigenvalue weighted by Crippen LogP contribution is -2.38. The van der Waals surface area contributed by atoms with Crippen molar-refractivity contribution < 1.29 is 9.53 Å². The van der Waals surface area contributed by atoms with Gasteiger partial charge in [-0.25, -0.2) is 14.8 Å². The zero-order valence-electron chi connectivity index (χ0n) is 12.7. The van der Waals surface area contributed by atoms with Crippen LogP contribution in [0.5, 0.6) is 0 Å². The van der Waals surface area contributed by atoms with E-state index in [0.29, 0.717) is 11.6 Å². The number of aromatic nitrogens is 2. The smallest absolute Gasteiger partial charge is 0.407 e. The molecule has 2 rings (SSSR count). The standard InChI is InChI=1S/C14H17Cl2N3O2S/c1-7(17-13(20)21-14(2,3)4)5-8-6-9-10(22-8)11(15)19-12(16)18-9/h6-7H,5H2,1-4H3,(H,17,20). The number of nitrogens with one attached hydrogen (secondary N) is 1. The lowest BCUT2D eigenvalue weighted by Gasteiger charge is -2.21. The molecule has 0 aliphatic heterocycles. The van der Waals surface area contributed by atoms with Crippen LogP contribution in [0.3, 0.4) is 0 Å². The SMILES string of the molecule is CC(Cc1cc2nc(Cl)nc(Cl)c2s1)NC(=O)OC(C)(C)C. The first-order chi connectivity index (χ1) is 10.1. The quantitative estimate of drug-likeness (QED) is 0.647. The third-order valence-corrected chi connectivity index (χ3v) is 4.33. The van der Waals surface area contributed by atoms with E-state index in [1.54, 1.807) is 0 Å². The van der Waals surface area contributed by atoms with E-state index in [0.717, 1.165) is 15.1 Å². The molecule has 0 aliphatic rings. The Morgan fingerprint density at radius 2 is 2.09 bits per heavy atom. The van der Waals surface area contributed by atoms with E-state index >= 15 is 0 Å². The average molecular weight is 362 g/mol. The number of nitrogens with zero attached hydrogens (tertiary/aromatic N) is 2. The van der Waals surface area contributed by atoms with Crippen molar-refractivity contribution in [2.75, 3.05) is 0 Å². The maximum Gasteiger partial charge on any atom is 0.407 e. The molecule has 5 nitrogen and oxygen atoms in total. The number of thiophene rings is 1. The third-order valence-electron chi connectivity index (χ3n) is 2.62. The predicted molar refractivity (Wildman–Crippen MR) is 90.0 cm³/mol. The minimum atomic E-state index is -0.513. The second kappa shape index (κ2) is 6.56. The highest BCUT2D eigenvalue weighted by atomic mass is 35.5. The van der Waals surface area contributed by atoms with Gasteiger partial charge in [0.25, 0.3) is 0 Å². The van der Waals surface area contributed by atoms with Crippen molar-refractivity contribution >= 4 is 50.8 Å². The average Bonchev–Trinajstić information content (AvgIpc) is 2.68. The van der Waals surface area contributed by atoms with Gasteiger partial charge in [-0.3, -0.25) is 0 Å². The zero-order valence-corrected chi connectivity index (χ0v) is 15.1. The van der Waals surface area contributed by atoms with Gasteiger partial charge in [0.1, 0.15) is 5.60 Å². The highest BCUT2D eigenvalue weighted by Gasteiger charge is 2.18. The molecule has 0 saturated carbocycles. The van der Waals surface area contributed by atoms with E-state index in [4.69, 9.17) is 27.9 Å². The molecule has 0 radical (unpaired) electrons. The number of carbonyl (C=O) groups excluding carboxylic acids is 1. The Kier molecular flexibility index (Phi) is 5.14. The van der Waals surface area contributed by atoms with Crippen molar-refractivity contribution in [3.63, 3.8) is 0 Å². The molecule has 8 heteroatoms. The van der Waals surface area contributed by atoms with Gasteiger partial charge in [-0.05, 0) is 45.4 Å². The number of rotatable bonds is 3. The molecule has 0 bridgehead atoms. The molecule has 120 valence electrons. The molecule has 2 aromatic heterocycles. The summed E-state index contributed by atoms with van der Waals surface area (Å²) in [7, 11) is 0. The van der Waals surface area contributed by atoms with Crippen molar-refractivity contribution in [1.82, 2.24) is 15.3 Å². The fourth-order valence-electron chi connectivity index (χ4n) is 1.88. The first-order valence-electron chi connectivity index (χ1n) is 6.75. The van der Waals surface area contributed by atoms with Gasteiger partial charge in [-0.2, -0.15) is 0 Å². The summed E-state index contributed by atoms with van der Waals surface area (Å²) in [4.78, 5) is 20.8. The first kappa shape index (κ1) is 17.2. The monoisotopic (exact) mass is 361 g/mol. The molecule has 2 aromatic rings. The van der Waals surface area contributed by atoms with Crippen LogP contribution in [0.4, 0.5) is 4.79 Å². The Bertz CT molecular complexity index is 697. The van der Waals surface area contributed by atoms with Crippen LogP contribution in [-0.2, 0) is 11.2 Å². The Morgan fingerprint density at radius 1 is 1.41 bits per heavy atom. The molecule has 0 aliphatic carbocycles. The molecule has 2 heterocycles. The van der Waals surface area contributed by atoms with Gasteiger partial charge >= 0.3 is 6.09 Å². The maximum atomic E-state index is 11.7. The van der Waals surface area contributed by atoms with Gasteiger partial charge in [-0.1, -0.05) is 11.6 Å². The van der Waals surface area contributed by atoms with E-state index in [-0.39, 0.29) is 11.3 Å². The summed E-state index contributed by atoms with van der Waals surface area (Å²) < 4.78 is 6.03. The largest absolute Gasteiger partial charge is 0.444 e. The number of alkyl carbamates (subject to hydrolysis) is 1. The zero-order chi connectivity index (χ0) is 16.5.